The van der Waals surface area contributed by atoms with E-state index in [0.717, 1.165) is 19.5 Å². The van der Waals surface area contributed by atoms with Gasteiger partial charge in [0.2, 0.25) is 0 Å². The fourth-order valence-electron chi connectivity index (χ4n) is 3.54. The van der Waals surface area contributed by atoms with Crippen molar-refractivity contribution in [2.45, 2.75) is 64.5 Å². The van der Waals surface area contributed by atoms with Crippen molar-refractivity contribution in [3.05, 3.63) is 0 Å². The number of piperidine rings is 1. The highest BCUT2D eigenvalue weighted by Crippen LogP contribution is 2.30. The van der Waals surface area contributed by atoms with Crippen LogP contribution in [0.15, 0.2) is 4.99 Å². The van der Waals surface area contributed by atoms with Gasteiger partial charge < -0.3 is 10.6 Å². The standard InChI is InChI=1S/C18H36F3N5O2S/c1-14(2)26(15(3)4)10-6-9-23-17(22-5)24-13-16-7-11-25(12-8-16)29(27,28)18(19,20)21/h14-16H,6-13H2,1-5H3,(H2,22,23,24). The van der Waals surface area contributed by atoms with Crippen molar-refractivity contribution in [1.82, 2.24) is 19.8 Å². The molecule has 11 heteroatoms. The number of alkyl halides is 3. The van der Waals surface area contributed by atoms with Gasteiger partial charge in [-0.1, -0.05) is 0 Å². The van der Waals surface area contributed by atoms with Crippen molar-refractivity contribution < 1.29 is 21.6 Å². The molecule has 0 radical (unpaired) electrons. The zero-order valence-electron chi connectivity index (χ0n) is 18.1. The van der Waals surface area contributed by atoms with Crippen LogP contribution in [0.2, 0.25) is 0 Å². The molecular weight excluding hydrogens is 407 g/mol. The monoisotopic (exact) mass is 443 g/mol. The van der Waals surface area contributed by atoms with Gasteiger partial charge >= 0.3 is 15.5 Å². The molecular formula is C18H36F3N5O2S. The van der Waals surface area contributed by atoms with Gasteiger partial charge in [0.25, 0.3) is 0 Å². The highest BCUT2D eigenvalue weighted by molar-refractivity contribution is 7.90. The lowest BCUT2D eigenvalue weighted by atomic mass is 9.98. The van der Waals surface area contributed by atoms with Crippen molar-refractivity contribution in [1.29, 1.82) is 0 Å². The molecule has 0 saturated carbocycles. The van der Waals surface area contributed by atoms with E-state index in [1.54, 1.807) is 7.05 Å². The highest BCUT2D eigenvalue weighted by Gasteiger charge is 2.50. The Bertz CT molecular complexity index is 607. The van der Waals surface area contributed by atoms with Gasteiger partial charge in [-0.15, -0.1) is 0 Å². The van der Waals surface area contributed by atoms with E-state index in [9.17, 15) is 21.6 Å². The van der Waals surface area contributed by atoms with Gasteiger partial charge in [0, 0.05) is 51.9 Å². The minimum Gasteiger partial charge on any atom is -0.356 e. The number of sulfonamides is 1. The van der Waals surface area contributed by atoms with Crippen LogP contribution in [-0.4, -0.2) is 80.9 Å². The molecule has 0 aromatic rings. The predicted octanol–water partition coefficient (Wildman–Crippen LogP) is 2.22. The van der Waals surface area contributed by atoms with E-state index in [1.165, 1.54) is 0 Å². The third-order valence-electron chi connectivity index (χ3n) is 5.20. The fourth-order valence-corrected chi connectivity index (χ4v) is 4.53. The van der Waals surface area contributed by atoms with Crippen LogP contribution >= 0.6 is 0 Å². The maximum absolute atomic E-state index is 12.6. The second kappa shape index (κ2) is 11.4. The number of aliphatic imine (C=N–C) groups is 1. The molecule has 1 rings (SSSR count). The fraction of sp³-hybridized carbons (Fsp3) is 0.944. The molecule has 1 saturated heterocycles. The van der Waals surface area contributed by atoms with E-state index in [1.807, 2.05) is 0 Å². The molecule has 0 aliphatic carbocycles. The minimum atomic E-state index is -5.23. The highest BCUT2D eigenvalue weighted by atomic mass is 32.2. The molecule has 0 atom stereocenters. The number of hydrogen-bond acceptors (Lipinski definition) is 4. The van der Waals surface area contributed by atoms with Crippen molar-refractivity contribution >= 4 is 16.0 Å². The summed E-state index contributed by atoms with van der Waals surface area (Å²) in [5.74, 6) is 0.751. The first kappa shape index (κ1) is 26.0. The molecule has 0 amide bonds. The number of rotatable bonds is 9. The van der Waals surface area contributed by atoms with Gasteiger partial charge in [-0.05, 0) is 52.9 Å². The number of guanidine groups is 1. The van der Waals surface area contributed by atoms with E-state index >= 15 is 0 Å². The van der Waals surface area contributed by atoms with E-state index in [4.69, 9.17) is 0 Å². The van der Waals surface area contributed by atoms with E-state index < -0.39 is 15.5 Å². The molecule has 0 aromatic carbocycles. The van der Waals surface area contributed by atoms with Crippen LogP contribution in [-0.2, 0) is 10.0 Å². The lowest BCUT2D eigenvalue weighted by Crippen LogP contribution is -2.47. The second-order valence-electron chi connectivity index (χ2n) is 7.95. The molecule has 0 aromatic heterocycles. The molecule has 0 spiro atoms. The van der Waals surface area contributed by atoms with Crippen molar-refractivity contribution in [3.63, 3.8) is 0 Å². The summed E-state index contributed by atoms with van der Waals surface area (Å²) in [7, 11) is -3.55. The van der Waals surface area contributed by atoms with Gasteiger partial charge in [0.05, 0.1) is 0 Å². The van der Waals surface area contributed by atoms with Crippen LogP contribution in [0.5, 0.6) is 0 Å². The summed E-state index contributed by atoms with van der Waals surface area (Å²) in [5.41, 5.74) is -5.23. The molecule has 1 aliphatic heterocycles. The smallest absolute Gasteiger partial charge is 0.356 e. The minimum absolute atomic E-state index is 0.102. The second-order valence-corrected chi connectivity index (χ2v) is 9.88. The Labute approximate surface area is 173 Å². The molecule has 172 valence electrons. The quantitative estimate of drug-likeness (QED) is 0.325. The molecule has 7 nitrogen and oxygen atoms in total. The molecule has 1 aliphatic rings. The topological polar surface area (TPSA) is 77.0 Å². The molecule has 1 heterocycles. The summed E-state index contributed by atoms with van der Waals surface area (Å²) in [6.45, 7) is 10.8. The Morgan fingerprint density at radius 1 is 1.14 bits per heavy atom. The van der Waals surface area contributed by atoms with Gasteiger partial charge in [-0.2, -0.15) is 17.5 Å². The summed E-state index contributed by atoms with van der Waals surface area (Å²) in [6.07, 6.45) is 1.73. The third kappa shape index (κ3) is 7.93. The summed E-state index contributed by atoms with van der Waals surface area (Å²) in [5, 5.41) is 6.44. The van der Waals surface area contributed by atoms with Crippen molar-refractivity contribution in [3.8, 4) is 0 Å². The summed E-state index contributed by atoms with van der Waals surface area (Å²) in [4.78, 5) is 6.59. The van der Waals surface area contributed by atoms with Crippen LogP contribution in [0.4, 0.5) is 13.2 Å². The van der Waals surface area contributed by atoms with Gasteiger partial charge in [0.1, 0.15) is 0 Å². The van der Waals surface area contributed by atoms with Crippen LogP contribution in [0, 0.1) is 5.92 Å². The van der Waals surface area contributed by atoms with E-state index in [-0.39, 0.29) is 19.0 Å². The van der Waals surface area contributed by atoms with E-state index in [2.05, 4.69) is 48.2 Å². The predicted molar refractivity (Wildman–Crippen MR) is 110 cm³/mol. The summed E-state index contributed by atoms with van der Waals surface area (Å²) in [6, 6.07) is 0.971. The molecule has 29 heavy (non-hydrogen) atoms. The Morgan fingerprint density at radius 3 is 2.14 bits per heavy atom. The first-order valence-corrected chi connectivity index (χ1v) is 11.6. The zero-order valence-corrected chi connectivity index (χ0v) is 18.9. The zero-order chi connectivity index (χ0) is 22.2. The van der Waals surface area contributed by atoms with Gasteiger partial charge in [0.15, 0.2) is 5.96 Å². The molecule has 0 bridgehead atoms. The lowest BCUT2D eigenvalue weighted by Gasteiger charge is -2.32. The largest absolute Gasteiger partial charge is 0.511 e. The van der Waals surface area contributed by atoms with Crippen LogP contribution in [0.25, 0.3) is 0 Å². The number of hydrogen-bond donors (Lipinski definition) is 2. The third-order valence-corrected chi connectivity index (χ3v) is 6.83. The van der Waals surface area contributed by atoms with Gasteiger partial charge in [-0.25, -0.2) is 8.42 Å². The maximum Gasteiger partial charge on any atom is 0.511 e. The SMILES string of the molecule is CN=C(NCCCN(C(C)C)C(C)C)NCC1CCN(S(=O)(=O)C(F)(F)F)CC1. The Kier molecular flexibility index (Phi) is 10.2. The lowest BCUT2D eigenvalue weighted by molar-refractivity contribution is -0.0496. The van der Waals surface area contributed by atoms with Crippen molar-refractivity contribution in [2.24, 2.45) is 10.9 Å². The molecule has 1 fully saturated rings. The van der Waals surface area contributed by atoms with Crippen LogP contribution in [0.1, 0.15) is 47.0 Å². The number of halogens is 3. The summed E-state index contributed by atoms with van der Waals surface area (Å²) >= 11 is 0. The molecule has 2 N–H and O–H groups in total. The van der Waals surface area contributed by atoms with E-state index in [0.29, 0.717) is 41.7 Å². The normalized spacial score (nSPS) is 18.1. The summed E-state index contributed by atoms with van der Waals surface area (Å²) < 4.78 is 61.3. The Hall–Kier alpha value is -1.07. The van der Waals surface area contributed by atoms with Crippen molar-refractivity contribution in [2.75, 3.05) is 39.8 Å². The number of nitrogens with one attached hydrogen (secondary N) is 2. The molecule has 0 unspecified atom stereocenters. The average Bonchev–Trinajstić information content (AvgIpc) is 2.62. The Balaban J connectivity index is 2.34. The average molecular weight is 444 g/mol. The van der Waals surface area contributed by atoms with Gasteiger partial charge in [-0.3, -0.25) is 9.89 Å². The maximum atomic E-state index is 12.6. The van der Waals surface area contributed by atoms with Crippen LogP contribution < -0.4 is 10.6 Å². The number of nitrogens with zero attached hydrogens (tertiary/aromatic N) is 3. The Morgan fingerprint density at radius 2 is 1.69 bits per heavy atom. The first-order chi connectivity index (χ1) is 13.4. The van der Waals surface area contributed by atoms with Crippen LogP contribution in [0.3, 0.4) is 0 Å². The first-order valence-electron chi connectivity index (χ1n) is 10.2.